The number of amides is 2. The molecule has 1 aromatic carbocycles. The second-order valence-corrected chi connectivity index (χ2v) is 6.66. The summed E-state index contributed by atoms with van der Waals surface area (Å²) in [5.74, 6) is -0.272. The number of hydrogen-bond acceptors (Lipinski definition) is 4. The number of carbonyl (C=O) groups excluding carboxylic acids is 2. The smallest absolute Gasteiger partial charge is 0.271 e. The molecule has 8 heteroatoms. The molecule has 1 atom stereocenters. The summed E-state index contributed by atoms with van der Waals surface area (Å²) in [5.41, 5.74) is 2.20. The highest BCUT2D eigenvalue weighted by molar-refractivity contribution is 6.30. The molecule has 0 saturated carbocycles. The van der Waals surface area contributed by atoms with Crippen LogP contribution in [0.5, 0.6) is 0 Å². The maximum Gasteiger partial charge on any atom is 0.271 e. The number of ether oxygens (including phenoxy) is 1. The van der Waals surface area contributed by atoms with Crippen LogP contribution in [0.3, 0.4) is 0 Å². The summed E-state index contributed by atoms with van der Waals surface area (Å²) in [6.07, 6.45) is 0.937. The minimum atomic E-state index is -0.217. The van der Waals surface area contributed by atoms with Gasteiger partial charge in [0.1, 0.15) is 5.69 Å². The van der Waals surface area contributed by atoms with Crippen molar-refractivity contribution in [3.05, 3.63) is 52.3 Å². The van der Waals surface area contributed by atoms with E-state index in [1.807, 2.05) is 12.1 Å². The number of hydrogen-bond donors (Lipinski definition) is 2. The third-order valence-electron chi connectivity index (χ3n) is 4.16. The second kappa shape index (κ2) is 8.33. The minimum Gasteiger partial charge on any atom is -0.383 e. The van der Waals surface area contributed by atoms with Crippen molar-refractivity contribution >= 4 is 23.4 Å². The molecule has 2 amide bonds. The van der Waals surface area contributed by atoms with E-state index >= 15 is 0 Å². The molecule has 0 radical (unpaired) electrons. The van der Waals surface area contributed by atoms with Gasteiger partial charge in [0, 0.05) is 30.8 Å². The molecule has 138 valence electrons. The van der Waals surface area contributed by atoms with Crippen molar-refractivity contribution in [1.29, 1.82) is 0 Å². The molecule has 1 aromatic heterocycles. The lowest BCUT2D eigenvalue weighted by molar-refractivity contribution is -0.121. The van der Waals surface area contributed by atoms with Crippen molar-refractivity contribution in [3.63, 3.8) is 0 Å². The van der Waals surface area contributed by atoms with Crippen molar-refractivity contribution in [2.75, 3.05) is 20.3 Å². The number of rotatable bonds is 7. The Labute approximate surface area is 156 Å². The Morgan fingerprint density at radius 3 is 2.96 bits per heavy atom. The molecule has 0 unspecified atom stereocenters. The van der Waals surface area contributed by atoms with E-state index in [1.165, 1.54) is 0 Å². The van der Waals surface area contributed by atoms with E-state index in [9.17, 15) is 9.59 Å². The molecular formula is C18H21ClN4O3. The predicted molar refractivity (Wildman–Crippen MR) is 97.2 cm³/mol. The van der Waals surface area contributed by atoms with E-state index < -0.39 is 0 Å². The Morgan fingerprint density at radius 1 is 1.38 bits per heavy atom. The highest BCUT2D eigenvalue weighted by atomic mass is 35.5. The number of carbonyl (C=O) groups is 2. The lowest BCUT2D eigenvalue weighted by atomic mass is 10.1. The molecule has 0 spiro atoms. The van der Waals surface area contributed by atoms with Crippen molar-refractivity contribution in [1.82, 2.24) is 20.4 Å². The van der Waals surface area contributed by atoms with Gasteiger partial charge in [-0.1, -0.05) is 23.7 Å². The van der Waals surface area contributed by atoms with Gasteiger partial charge >= 0.3 is 0 Å². The molecule has 26 heavy (non-hydrogen) atoms. The van der Waals surface area contributed by atoms with E-state index in [0.717, 1.165) is 11.3 Å². The zero-order valence-electron chi connectivity index (χ0n) is 14.5. The van der Waals surface area contributed by atoms with Crippen molar-refractivity contribution in [3.8, 4) is 0 Å². The van der Waals surface area contributed by atoms with E-state index in [2.05, 4.69) is 15.7 Å². The Bertz CT molecular complexity index is 782. The van der Waals surface area contributed by atoms with Crippen LogP contribution in [-0.4, -0.2) is 47.9 Å². The van der Waals surface area contributed by atoms with E-state index in [-0.39, 0.29) is 24.3 Å². The molecular weight excluding hydrogens is 356 g/mol. The minimum absolute atomic E-state index is 0.0187. The lowest BCUT2D eigenvalue weighted by Gasteiger charge is -2.12. The maximum absolute atomic E-state index is 12.2. The molecule has 0 bridgehead atoms. The van der Waals surface area contributed by atoms with Gasteiger partial charge in [0.15, 0.2) is 0 Å². The monoisotopic (exact) mass is 376 g/mol. The molecule has 2 heterocycles. The molecule has 2 aromatic rings. The summed E-state index contributed by atoms with van der Waals surface area (Å²) in [4.78, 5) is 24.2. The summed E-state index contributed by atoms with van der Waals surface area (Å²) in [6, 6.07) is 9.02. The third kappa shape index (κ3) is 4.62. The summed E-state index contributed by atoms with van der Waals surface area (Å²) in [7, 11) is 1.58. The highest BCUT2D eigenvalue weighted by Gasteiger charge is 2.26. The number of fused-ring (bicyclic) bond motifs is 1. The summed E-state index contributed by atoms with van der Waals surface area (Å²) < 4.78 is 6.67. The van der Waals surface area contributed by atoms with Gasteiger partial charge in [0.05, 0.1) is 25.6 Å². The number of methoxy groups -OCH3 is 1. The van der Waals surface area contributed by atoms with Gasteiger partial charge in [0.25, 0.3) is 5.91 Å². The predicted octanol–water partition coefficient (Wildman–Crippen LogP) is 1.20. The highest BCUT2D eigenvalue weighted by Crippen LogP contribution is 2.17. The number of nitrogens with zero attached hydrogens (tertiary/aromatic N) is 2. The number of halogens is 1. The van der Waals surface area contributed by atoms with E-state index in [0.29, 0.717) is 36.8 Å². The quantitative estimate of drug-likeness (QED) is 0.711. The topological polar surface area (TPSA) is 85.2 Å². The van der Waals surface area contributed by atoms with Crippen molar-refractivity contribution < 1.29 is 14.3 Å². The number of benzene rings is 1. The van der Waals surface area contributed by atoms with Gasteiger partial charge in [0.2, 0.25) is 5.91 Å². The zero-order chi connectivity index (χ0) is 18.5. The molecule has 1 aliphatic rings. The molecule has 7 nitrogen and oxygen atoms in total. The number of nitrogens with one attached hydrogen (secondary N) is 2. The average Bonchev–Trinajstić information content (AvgIpc) is 3.13. The molecule has 0 saturated heterocycles. The van der Waals surface area contributed by atoms with Crippen molar-refractivity contribution in [2.45, 2.75) is 25.4 Å². The fourth-order valence-corrected chi connectivity index (χ4v) is 3.19. The first-order chi connectivity index (χ1) is 12.5. The first kappa shape index (κ1) is 18.4. The Morgan fingerprint density at radius 2 is 2.23 bits per heavy atom. The van der Waals surface area contributed by atoms with Crippen LogP contribution < -0.4 is 10.6 Å². The fraction of sp³-hybridized carbons (Fsp3) is 0.389. The summed E-state index contributed by atoms with van der Waals surface area (Å²) >= 11 is 5.94. The van der Waals surface area contributed by atoms with Gasteiger partial charge in [-0.2, -0.15) is 5.10 Å². The first-order valence-corrected chi connectivity index (χ1v) is 8.80. The summed E-state index contributed by atoms with van der Waals surface area (Å²) in [5, 5.41) is 10.7. The molecule has 1 aliphatic heterocycles. The van der Waals surface area contributed by atoms with Gasteiger partial charge in [-0.05, 0) is 23.8 Å². The number of aromatic nitrogens is 2. The van der Waals surface area contributed by atoms with Crippen LogP contribution in [-0.2, 0) is 28.9 Å². The van der Waals surface area contributed by atoms with Crippen LogP contribution in [0.1, 0.15) is 21.7 Å². The van der Waals surface area contributed by atoms with Crippen LogP contribution in [0.25, 0.3) is 0 Å². The van der Waals surface area contributed by atoms with E-state index in [1.54, 1.807) is 30.0 Å². The van der Waals surface area contributed by atoms with Gasteiger partial charge in [-0.25, -0.2) is 0 Å². The summed E-state index contributed by atoms with van der Waals surface area (Å²) in [6.45, 7) is 1.46. The lowest BCUT2D eigenvalue weighted by Crippen LogP contribution is -2.37. The van der Waals surface area contributed by atoms with Gasteiger partial charge in [-0.3, -0.25) is 14.3 Å². The largest absolute Gasteiger partial charge is 0.383 e. The van der Waals surface area contributed by atoms with Crippen molar-refractivity contribution in [2.24, 2.45) is 0 Å². The fourth-order valence-electron chi connectivity index (χ4n) is 2.98. The van der Waals surface area contributed by atoms with Crippen LogP contribution in [0, 0.1) is 0 Å². The Kier molecular flexibility index (Phi) is 5.90. The molecule has 2 N–H and O–H groups in total. The second-order valence-electron chi connectivity index (χ2n) is 6.23. The van der Waals surface area contributed by atoms with E-state index in [4.69, 9.17) is 16.3 Å². The van der Waals surface area contributed by atoms with Gasteiger partial charge < -0.3 is 15.4 Å². The SMILES string of the molecule is COCCNC(=O)c1cc2n(n1)C[C@@H](NC(=O)Cc1cccc(Cl)c1)C2. The van der Waals surface area contributed by atoms with Crippen LogP contribution >= 0.6 is 11.6 Å². The zero-order valence-corrected chi connectivity index (χ0v) is 15.3. The molecule has 3 rings (SSSR count). The van der Waals surface area contributed by atoms with Crippen LogP contribution in [0.4, 0.5) is 0 Å². The third-order valence-corrected chi connectivity index (χ3v) is 4.39. The average molecular weight is 377 g/mol. The normalized spacial score (nSPS) is 15.5. The standard InChI is InChI=1S/C18H21ClN4O3/c1-26-6-5-20-18(25)16-10-15-9-14(11-23(15)22-16)21-17(24)8-12-3-2-4-13(19)7-12/h2-4,7,10,14H,5-6,8-9,11H2,1H3,(H,20,25)(H,21,24)/t14-/m0/s1. The molecule has 0 aliphatic carbocycles. The first-order valence-electron chi connectivity index (χ1n) is 8.43. The van der Waals surface area contributed by atoms with Gasteiger partial charge in [-0.15, -0.1) is 0 Å². The van der Waals surface area contributed by atoms with Crippen LogP contribution in [0.15, 0.2) is 30.3 Å². The molecule has 0 fully saturated rings. The maximum atomic E-state index is 12.2. The Hall–Kier alpha value is -2.38. The Balaban J connectivity index is 1.50. The van der Waals surface area contributed by atoms with Crippen LogP contribution in [0.2, 0.25) is 5.02 Å².